The van der Waals surface area contributed by atoms with Crippen LogP contribution in [0.3, 0.4) is 0 Å². The van der Waals surface area contributed by atoms with Gasteiger partial charge >= 0.3 is 0 Å². The number of hydrogen-bond acceptors (Lipinski definition) is 3. The monoisotopic (exact) mass is 282 g/mol. The van der Waals surface area contributed by atoms with Crippen LogP contribution in [0.25, 0.3) is 6.08 Å². The number of hydrogen-bond donors (Lipinski definition) is 1. The minimum Gasteiger partial charge on any atom is -0.321 e. The fraction of sp³-hybridized carbons (Fsp3) is 0.125. The van der Waals surface area contributed by atoms with Crippen LogP contribution in [-0.4, -0.2) is 5.91 Å². The average Bonchev–Trinajstić information content (AvgIpc) is 2.84. The number of anilines is 1. The number of carbonyl (C=O) groups is 1. The number of para-hydroxylation sites is 1. The molecule has 1 aromatic carbocycles. The summed E-state index contributed by atoms with van der Waals surface area (Å²) < 4.78 is 0. The van der Waals surface area contributed by atoms with E-state index >= 15 is 0 Å². The van der Waals surface area contributed by atoms with Crippen molar-refractivity contribution in [1.29, 1.82) is 5.26 Å². The largest absolute Gasteiger partial charge is 0.321 e. The first-order valence-corrected chi connectivity index (χ1v) is 7.02. The molecule has 4 heteroatoms. The number of amides is 1. The molecule has 100 valence electrons. The van der Waals surface area contributed by atoms with Crippen molar-refractivity contribution in [3.05, 3.63) is 57.3 Å². The van der Waals surface area contributed by atoms with Crippen LogP contribution in [-0.2, 0) is 4.79 Å². The fourth-order valence-electron chi connectivity index (χ4n) is 1.71. The van der Waals surface area contributed by atoms with Gasteiger partial charge in [0.15, 0.2) is 0 Å². The zero-order valence-corrected chi connectivity index (χ0v) is 12.1. The predicted molar refractivity (Wildman–Crippen MR) is 82.5 cm³/mol. The third-order valence-corrected chi connectivity index (χ3v) is 3.90. The van der Waals surface area contributed by atoms with Crippen LogP contribution in [0.2, 0.25) is 0 Å². The second-order valence-corrected chi connectivity index (χ2v) is 5.35. The number of nitriles is 1. The van der Waals surface area contributed by atoms with Gasteiger partial charge in [-0.2, -0.15) is 5.26 Å². The highest BCUT2D eigenvalue weighted by Gasteiger charge is 2.11. The Bertz CT molecular complexity index is 707. The SMILES string of the molecule is Cc1ccccc1NC(=O)/C(C#N)=C\c1sccc1C. The van der Waals surface area contributed by atoms with E-state index in [0.29, 0.717) is 0 Å². The number of aryl methyl sites for hydroxylation is 2. The van der Waals surface area contributed by atoms with E-state index in [1.165, 1.54) is 11.3 Å². The van der Waals surface area contributed by atoms with Gasteiger partial charge in [0.25, 0.3) is 5.91 Å². The first kappa shape index (κ1) is 14.0. The molecule has 2 aromatic rings. The minimum atomic E-state index is -0.380. The summed E-state index contributed by atoms with van der Waals surface area (Å²) in [5.41, 5.74) is 2.86. The Morgan fingerprint density at radius 3 is 2.60 bits per heavy atom. The van der Waals surface area contributed by atoms with E-state index < -0.39 is 0 Å². The highest BCUT2D eigenvalue weighted by atomic mass is 32.1. The van der Waals surface area contributed by atoms with E-state index in [2.05, 4.69) is 5.32 Å². The van der Waals surface area contributed by atoms with Gasteiger partial charge in [-0.15, -0.1) is 11.3 Å². The second kappa shape index (κ2) is 6.18. The zero-order chi connectivity index (χ0) is 14.5. The van der Waals surface area contributed by atoms with E-state index in [-0.39, 0.29) is 11.5 Å². The zero-order valence-electron chi connectivity index (χ0n) is 11.3. The highest BCUT2D eigenvalue weighted by molar-refractivity contribution is 7.11. The van der Waals surface area contributed by atoms with Crippen molar-refractivity contribution in [3.8, 4) is 6.07 Å². The molecular formula is C16H14N2OS. The van der Waals surface area contributed by atoms with Crippen molar-refractivity contribution >= 4 is 29.0 Å². The number of thiophene rings is 1. The predicted octanol–water partition coefficient (Wildman–Crippen LogP) is 3.91. The first-order chi connectivity index (χ1) is 9.61. The fourth-order valence-corrected chi connectivity index (χ4v) is 2.57. The molecule has 0 aliphatic rings. The van der Waals surface area contributed by atoms with Crippen LogP contribution in [0.15, 0.2) is 41.3 Å². The number of benzene rings is 1. The van der Waals surface area contributed by atoms with Crippen LogP contribution in [0.4, 0.5) is 5.69 Å². The summed E-state index contributed by atoms with van der Waals surface area (Å²) >= 11 is 1.51. The maximum absolute atomic E-state index is 12.1. The molecule has 0 spiro atoms. The summed E-state index contributed by atoms with van der Waals surface area (Å²) in [6.07, 6.45) is 1.63. The van der Waals surface area contributed by atoms with Crippen molar-refractivity contribution in [1.82, 2.24) is 0 Å². The van der Waals surface area contributed by atoms with Crippen molar-refractivity contribution in [3.63, 3.8) is 0 Å². The number of rotatable bonds is 3. The highest BCUT2D eigenvalue weighted by Crippen LogP contribution is 2.20. The van der Waals surface area contributed by atoms with Gasteiger partial charge in [0.2, 0.25) is 0 Å². The third-order valence-electron chi connectivity index (χ3n) is 2.94. The molecule has 0 atom stereocenters. The van der Waals surface area contributed by atoms with Gasteiger partial charge in [-0.3, -0.25) is 4.79 Å². The number of carbonyl (C=O) groups excluding carboxylic acids is 1. The van der Waals surface area contributed by atoms with Gasteiger partial charge in [-0.05, 0) is 48.6 Å². The lowest BCUT2D eigenvalue weighted by molar-refractivity contribution is -0.112. The Labute approximate surface area is 122 Å². The van der Waals surface area contributed by atoms with E-state index in [1.54, 1.807) is 6.08 Å². The molecular weight excluding hydrogens is 268 g/mol. The number of nitrogens with zero attached hydrogens (tertiary/aromatic N) is 1. The molecule has 1 heterocycles. The summed E-state index contributed by atoms with van der Waals surface area (Å²) in [6, 6.07) is 11.4. The Kier molecular flexibility index (Phi) is 4.34. The standard InChI is InChI=1S/C16H14N2OS/c1-11-5-3-4-6-14(11)18-16(19)13(10-17)9-15-12(2)7-8-20-15/h3-9H,1-2H3,(H,18,19)/b13-9-. The van der Waals surface area contributed by atoms with Crippen LogP contribution in [0.5, 0.6) is 0 Å². The Balaban J connectivity index is 2.23. The summed E-state index contributed by atoms with van der Waals surface area (Å²) in [5.74, 6) is -0.380. The van der Waals surface area contributed by atoms with Gasteiger partial charge < -0.3 is 5.32 Å². The molecule has 1 aromatic heterocycles. The molecule has 1 amide bonds. The summed E-state index contributed by atoms with van der Waals surface area (Å²) in [5, 5.41) is 13.9. The lowest BCUT2D eigenvalue weighted by Gasteiger charge is -2.07. The lowest BCUT2D eigenvalue weighted by Crippen LogP contribution is -2.14. The van der Waals surface area contributed by atoms with E-state index in [1.807, 2.05) is 55.6 Å². The quantitative estimate of drug-likeness (QED) is 0.685. The summed E-state index contributed by atoms with van der Waals surface area (Å²) in [7, 11) is 0. The van der Waals surface area contributed by atoms with E-state index in [4.69, 9.17) is 5.26 Å². The van der Waals surface area contributed by atoms with Crippen molar-refractivity contribution in [2.75, 3.05) is 5.32 Å². The Hall–Kier alpha value is -2.38. The maximum Gasteiger partial charge on any atom is 0.266 e. The van der Waals surface area contributed by atoms with Gasteiger partial charge in [0, 0.05) is 10.6 Å². The molecule has 0 radical (unpaired) electrons. The van der Waals surface area contributed by atoms with Crippen LogP contribution >= 0.6 is 11.3 Å². The molecule has 20 heavy (non-hydrogen) atoms. The Morgan fingerprint density at radius 2 is 2.00 bits per heavy atom. The first-order valence-electron chi connectivity index (χ1n) is 6.14. The lowest BCUT2D eigenvalue weighted by atomic mass is 10.1. The smallest absolute Gasteiger partial charge is 0.266 e. The molecule has 0 aliphatic heterocycles. The molecule has 0 aliphatic carbocycles. The summed E-state index contributed by atoms with van der Waals surface area (Å²) in [6.45, 7) is 3.87. The molecule has 0 bridgehead atoms. The van der Waals surface area contributed by atoms with Crippen molar-refractivity contribution < 1.29 is 4.79 Å². The van der Waals surface area contributed by atoms with Crippen molar-refractivity contribution in [2.45, 2.75) is 13.8 Å². The average molecular weight is 282 g/mol. The molecule has 3 nitrogen and oxygen atoms in total. The topological polar surface area (TPSA) is 52.9 Å². The Morgan fingerprint density at radius 1 is 1.25 bits per heavy atom. The van der Waals surface area contributed by atoms with E-state index in [9.17, 15) is 4.79 Å². The summed E-state index contributed by atoms with van der Waals surface area (Å²) in [4.78, 5) is 13.1. The van der Waals surface area contributed by atoms with Gasteiger partial charge in [0.05, 0.1) is 0 Å². The molecule has 0 unspecified atom stereocenters. The number of nitrogens with one attached hydrogen (secondary N) is 1. The normalized spacial score (nSPS) is 10.9. The molecule has 0 saturated heterocycles. The van der Waals surface area contributed by atoms with Gasteiger partial charge in [-0.1, -0.05) is 18.2 Å². The maximum atomic E-state index is 12.1. The second-order valence-electron chi connectivity index (χ2n) is 4.41. The van der Waals surface area contributed by atoms with Gasteiger partial charge in [-0.25, -0.2) is 0 Å². The van der Waals surface area contributed by atoms with Crippen LogP contribution in [0.1, 0.15) is 16.0 Å². The van der Waals surface area contributed by atoms with Crippen LogP contribution in [0, 0.1) is 25.2 Å². The molecule has 0 fully saturated rings. The molecule has 1 N–H and O–H groups in total. The minimum absolute atomic E-state index is 0.110. The van der Waals surface area contributed by atoms with Crippen molar-refractivity contribution in [2.24, 2.45) is 0 Å². The molecule has 0 saturated carbocycles. The van der Waals surface area contributed by atoms with E-state index in [0.717, 1.165) is 21.7 Å². The van der Waals surface area contributed by atoms with Gasteiger partial charge in [0.1, 0.15) is 11.6 Å². The third kappa shape index (κ3) is 3.14. The molecule has 2 rings (SSSR count). The van der Waals surface area contributed by atoms with Crippen LogP contribution < -0.4 is 5.32 Å².